The molecule has 0 aliphatic heterocycles. The summed E-state index contributed by atoms with van der Waals surface area (Å²) in [5.74, 6) is 0. The fraction of sp³-hybridized carbons (Fsp3) is 1.00. The van der Waals surface area contributed by atoms with Gasteiger partial charge < -0.3 is 9.84 Å². The lowest BCUT2D eigenvalue weighted by atomic mass is 10.0. The minimum atomic E-state index is -3.32. The molecule has 0 spiro atoms. The van der Waals surface area contributed by atoms with Crippen molar-refractivity contribution in [3.05, 3.63) is 0 Å². The van der Waals surface area contributed by atoms with Crippen LogP contribution in [0.15, 0.2) is 0 Å². The van der Waals surface area contributed by atoms with Gasteiger partial charge in [0.25, 0.3) is 0 Å². The van der Waals surface area contributed by atoms with Crippen LogP contribution in [-0.4, -0.2) is 55.0 Å². The van der Waals surface area contributed by atoms with Gasteiger partial charge in [-0.25, -0.2) is 8.42 Å². The first-order chi connectivity index (χ1) is 9.08. The monoisotopic (exact) mass is 309 g/mol. The van der Waals surface area contributed by atoms with Gasteiger partial charge in [0.15, 0.2) is 0 Å². The Bertz CT molecular complexity index is 367. The van der Waals surface area contributed by atoms with Gasteiger partial charge in [-0.1, -0.05) is 13.8 Å². The second-order valence-corrected chi connectivity index (χ2v) is 7.86. The number of rotatable bonds is 10. The first kappa shape index (κ1) is 19.8. The molecule has 0 aliphatic rings. The number of aliphatic hydroxyl groups excluding tert-OH is 1. The quantitative estimate of drug-likeness (QED) is 0.670. The maximum Gasteiger partial charge on any atom is 0.211 e. The first-order valence-corrected chi connectivity index (χ1v) is 9.17. The van der Waals surface area contributed by atoms with Crippen molar-refractivity contribution in [2.45, 2.75) is 71.6 Å². The molecule has 122 valence electrons. The molecule has 0 aromatic carbocycles. The summed E-state index contributed by atoms with van der Waals surface area (Å²) in [4.78, 5) is 0. The Balaban J connectivity index is 5.09. The molecule has 0 unspecified atom stereocenters. The molecule has 0 aromatic heterocycles. The van der Waals surface area contributed by atoms with Gasteiger partial charge in [-0.15, -0.1) is 0 Å². The van der Waals surface area contributed by atoms with Gasteiger partial charge in [0.2, 0.25) is 10.0 Å². The largest absolute Gasteiger partial charge is 0.396 e. The Morgan fingerprint density at radius 1 is 1.30 bits per heavy atom. The molecule has 2 atom stereocenters. The van der Waals surface area contributed by atoms with Crippen LogP contribution in [0.3, 0.4) is 0 Å². The van der Waals surface area contributed by atoms with Crippen molar-refractivity contribution in [3.8, 4) is 0 Å². The van der Waals surface area contributed by atoms with E-state index in [1.165, 1.54) is 10.6 Å². The maximum atomic E-state index is 12.0. The Morgan fingerprint density at radius 2 is 1.85 bits per heavy atom. The zero-order valence-electron chi connectivity index (χ0n) is 13.7. The van der Waals surface area contributed by atoms with Crippen molar-refractivity contribution in [2.75, 3.05) is 19.4 Å². The van der Waals surface area contributed by atoms with Gasteiger partial charge >= 0.3 is 0 Å². The molecule has 6 heteroatoms. The van der Waals surface area contributed by atoms with Gasteiger partial charge in [0.1, 0.15) is 0 Å². The standard InChI is InChI=1S/C14H31NO4S/c1-7-12(3)19-13(9-10-16)11-15(20(6,17)18)14(4,5)8-2/h12-13,16H,7-11H2,1-6H3/t12-,13+/m0/s1. The molecule has 5 nitrogen and oxygen atoms in total. The van der Waals surface area contributed by atoms with Crippen LogP contribution in [0, 0.1) is 0 Å². The van der Waals surface area contributed by atoms with E-state index in [2.05, 4.69) is 0 Å². The number of hydrogen-bond donors (Lipinski definition) is 1. The molecule has 0 saturated carbocycles. The first-order valence-electron chi connectivity index (χ1n) is 7.32. The molecule has 20 heavy (non-hydrogen) atoms. The van der Waals surface area contributed by atoms with Crippen molar-refractivity contribution in [1.82, 2.24) is 4.31 Å². The van der Waals surface area contributed by atoms with Crippen LogP contribution in [0.2, 0.25) is 0 Å². The summed E-state index contributed by atoms with van der Waals surface area (Å²) in [7, 11) is -3.32. The minimum absolute atomic E-state index is 0.00867. The predicted molar refractivity (Wildman–Crippen MR) is 82.2 cm³/mol. The minimum Gasteiger partial charge on any atom is -0.396 e. The molecule has 0 rings (SSSR count). The molecule has 0 amide bonds. The highest BCUT2D eigenvalue weighted by Crippen LogP contribution is 2.23. The highest BCUT2D eigenvalue weighted by Gasteiger charge is 2.34. The summed E-state index contributed by atoms with van der Waals surface area (Å²) in [6, 6.07) is 0. The van der Waals surface area contributed by atoms with E-state index in [9.17, 15) is 8.42 Å². The van der Waals surface area contributed by atoms with E-state index in [0.29, 0.717) is 6.42 Å². The Hall–Kier alpha value is -0.170. The van der Waals surface area contributed by atoms with Crippen LogP contribution in [0.5, 0.6) is 0 Å². The molecule has 0 bridgehead atoms. The third kappa shape index (κ3) is 6.52. The summed E-state index contributed by atoms with van der Waals surface area (Å²) in [6.45, 7) is 10.0. The predicted octanol–water partition coefficient (Wildman–Crippen LogP) is 2.00. The molecule has 0 saturated heterocycles. The maximum absolute atomic E-state index is 12.0. The highest BCUT2D eigenvalue weighted by atomic mass is 32.2. The topological polar surface area (TPSA) is 66.8 Å². The lowest BCUT2D eigenvalue weighted by molar-refractivity contribution is -0.0310. The molecular formula is C14H31NO4S. The second-order valence-electron chi connectivity index (χ2n) is 5.95. The molecule has 0 fully saturated rings. The Morgan fingerprint density at radius 3 is 2.20 bits per heavy atom. The number of aliphatic hydroxyl groups is 1. The van der Waals surface area contributed by atoms with Gasteiger partial charge in [0.05, 0.1) is 18.5 Å². The molecule has 0 aliphatic carbocycles. The Labute approximate surface area is 124 Å². The van der Waals surface area contributed by atoms with Crippen molar-refractivity contribution in [1.29, 1.82) is 0 Å². The van der Waals surface area contributed by atoms with Crippen molar-refractivity contribution in [2.24, 2.45) is 0 Å². The molecular weight excluding hydrogens is 278 g/mol. The van der Waals surface area contributed by atoms with Gasteiger partial charge in [-0.2, -0.15) is 4.31 Å². The van der Waals surface area contributed by atoms with E-state index < -0.39 is 15.6 Å². The van der Waals surface area contributed by atoms with Crippen LogP contribution < -0.4 is 0 Å². The van der Waals surface area contributed by atoms with Gasteiger partial charge in [-0.3, -0.25) is 0 Å². The number of hydrogen-bond acceptors (Lipinski definition) is 4. The van der Waals surface area contributed by atoms with Gasteiger partial charge in [0, 0.05) is 18.7 Å². The lowest BCUT2D eigenvalue weighted by Gasteiger charge is -2.38. The van der Waals surface area contributed by atoms with Crippen molar-refractivity contribution < 1.29 is 18.3 Å². The summed E-state index contributed by atoms with van der Waals surface area (Å²) >= 11 is 0. The Kier molecular flexibility index (Phi) is 8.25. The number of ether oxygens (including phenoxy) is 1. The number of nitrogens with zero attached hydrogens (tertiary/aromatic N) is 1. The third-order valence-corrected chi connectivity index (χ3v) is 5.20. The van der Waals surface area contributed by atoms with Crippen LogP contribution in [0.1, 0.15) is 53.9 Å². The van der Waals surface area contributed by atoms with Crippen LogP contribution in [0.25, 0.3) is 0 Å². The van der Waals surface area contributed by atoms with Crippen LogP contribution in [0.4, 0.5) is 0 Å². The summed E-state index contributed by atoms with van der Waals surface area (Å²) in [5, 5.41) is 9.15. The van der Waals surface area contributed by atoms with Crippen LogP contribution >= 0.6 is 0 Å². The van der Waals surface area contributed by atoms with E-state index in [0.717, 1.165) is 12.8 Å². The van der Waals surface area contributed by atoms with E-state index in [1.54, 1.807) is 0 Å². The fourth-order valence-corrected chi connectivity index (χ4v) is 3.43. The summed E-state index contributed by atoms with van der Waals surface area (Å²) < 4.78 is 31.4. The molecule has 0 aromatic rings. The van der Waals surface area contributed by atoms with Crippen molar-refractivity contribution in [3.63, 3.8) is 0 Å². The third-order valence-electron chi connectivity index (χ3n) is 3.76. The zero-order chi connectivity index (χ0) is 16.0. The summed E-state index contributed by atoms with van der Waals surface area (Å²) in [5.41, 5.74) is -0.458. The lowest BCUT2D eigenvalue weighted by Crippen LogP contribution is -2.50. The highest BCUT2D eigenvalue weighted by molar-refractivity contribution is 7.88. The molecule has 0 radical (unpaired) electrons. The van der Waals surface area contributed by atoms with E-state index >= 15 is 0 Å². The average molecular weight is 309 g/mol. The zero-order valence-corrected chi connectivity index (χ0v) is 14.5. The molecule has 1 N–H and O–H groups in total. The second kappa shape index (κ2) is 8.32. The fourth-order valence-electron chi connectivity index (χ4n) is 1.96. The molecule has 0 heterocycles. The van der Waals surface area contributed by atoms with Crippen LogP contribution in [-0.2, 0) is 14.8 Å². The SMILES string of the molecule is CC[C@H](C)O[C@H](CCO)CN(C(C)(C)CC)S(C)(=O)=O. The van der Waals surface area contributed by atoms with E-state index in [1.807, 2.05) is 34.6 Å². The van der Waals surface area contributed by atoms with Gasteiger partial charge in [-0.05, 0) is 40.0 Å². The normalized spacial score (nSPS) is 16.4. The summed E-state index contributed by atoms with van der Waals surface area (Å²) in [6.07, 6.45) is 3.01. The van der Waals surface area contributed by atoms with Crippen molar-refractivity contribution >= 4 is 10.0 Å². The smallest absolute Gasteiger partial charge is 0.211 e. The number of sulfonamides is 1. The van der Waals surface area contributed by atoms with E-state index in [4.69, 9.17) is 9.84 Å². The van der Waals surface area contributed by atoms with E-state index in [-0.39, 0.29) is 25.4 Å². The average Bonchev–Trinajstić information content (AvgIpc) is 2.34.